The second kappa shape index (κ2) is 9.51. The molecule has 5 heteroatoms. The number of hydrogen-bond donors (Lipinski definition) is 1. The molecule has 146 valence electrons. The first-order chi connectivity index (χ1) is 13.5. The fourth-order valence-electron chi connectivity index (χ4n) is 2.89. The highest BCUT2D eigenvalue weighted by molar-refractivity contribution is 7.14. The van der Waals surface area contributed by atoms with Gasteiger partial charge in [0.2, 0.25) is 5.91 Å². The van der Waals surface area contributed by atoms with Gasteiger partial charge in [0.1, 0.15) is 5.75 Å². The van der Waals surface area contributed by atoms with Crippen LogP contribution in [0.3, 0.4) is 0 Å². The number of hydrogen-bond acceptors (Lipinski definition) is 4. The molecule has 0 spiro atoms. The van der Waals surface area contributed by atoms with Crippen LogP contribution in [0.5, 0.6) is 5.75 Å². The lowest BCUT2D eigenvalue weighted by atomic mass is 10.0. The van der Waals surface area contributed by atoms with Gasteiger partial charge in [-0.25, -0.2) is 4.98 Å². The molecular weight excluding hydrogens is 368 g/mol. The lowest BCUT2D eigenvalue weighted by Gasteiger charge is -2.07. The molecule has 0 saturated carbocycles. The number of carbonyl (C=O) groups is 1. The summed E-state index contributed by atoms with van der Waals surface area (Å²) in [6, 6.07) is 14.4. The summed E-state index contributed by atoms with van der Waals surface area (Å²) in [6.07, 6.45) is 2.09. The maximum atomic E-state index is 12.2. The highest BCUT2D eigenvalue weighted by Crippen LogP contribution is 2.28. The van der Waals surface area contributed by atoms with Crippen molar-refractivity contribution in [2.75, 3.05) is 11.9 Å². The van der Waals surface area contributed by atoms with Gasteiger partial charge in [-0.15, -0.1) is 11.3 Å². The quantitative estimate of drug-likeness (QED) is 0.492. The first-order valence-electron chi connectivity index (χ1n) is 9.60. The Morgan fingerprint density at radius 1 is 1.14 bits per heavy atom. The van der Waals surface area contributed by atoms with E-state index in [1.807, 2.05) is 17.5 Å². The largest absolute Gasteiger partial charge is 0.494 e. The van der Waals surface area contributed by atoms with Crippen molar-refractivity contribution in [2.24, 2.45) is 0 Å². The van der Waals surface area contributed by atoms with Crippen LogP contribution in [0.4, 0.5) is 5.13 Å². The number of ether oxygens (including phenoxy) is 1. The normalized spacial score (nSPS) is 10.7. The number of thiazole rings is 1. The first kappa shape index (κ1) is 20.1. The maximum absolute atomic E-state index is 12.2. The third-order valence-corrected chi connectivity index (χ3v) is 5.33. The van der Waals surface area contributed by atoms with Gasteiger partial charge in [0.15, 0.2) is 5.13 Å². The van der Waals surface area contributed by atoms with E-state index in [0.717, 1.165) is 23.4 Å². The molecule has 1 N–H and O–H groups in total. The Kier molecular flexibility index (Phi) is 6.82. The molecule has 0 aliphatic heterocycles. The molecule has 1 aromatic heterocycles. The molecule has 1 amide bonds. The van der Waals surface area contributed by atoms with Gasteiger partial charge >= 0.3 is 0 Å². The third-order valence-electron chi connectivity index (χ3n) is 4.57. The number of aromatic nitrogens is 1. The monoisotopic (exact) mass is 394 g/mol. The van der Waals surface area contributed by atoms with Crippen molar-refractivity contribution in [3.8, 4) is 17.0 Å². The zero-order valence-electron chi connectivity index (χ0n) is 16.6. The van der Waals surface area contributed by atoms with Gasteiger partial charge in [-0.3, -0.25) is 4.79 Å². The molecule has 2 aromatic carbocycles. The fraction of sp³-hybridized carbons (Fsp3) is 0.304. The second-order valence-electron chi connectivity index (χ2n) is 6.85. The standard InChI is InChI=1S/C23H26N2O2S/c1-4-18-9-11-19(12-10-18)27-13-5-6-22(26)25-23-24-21(15-28-23)20-14-16(2)7-8-17(20)3/h7-12,14-15H,4-6,13H2,1-3H3,(H,24,25,26). The summed E-state index contributed by atoms with van der Waals surface area (Å²) >= 11 is 1.45. The van der Waals surface area contributed by atoms with E-state index in [-0.39, 0.29) is 5.91 Å². The fourth-order valence-corrected chi connectivity index (χ4v) is 3.62. The summed E-state index contributed by atoms with van der Waals surface area (Å²) in [4.78, 5) is 16.7. The van der Waals surface area contributed by atoms with E-state index >= 15 is 0 Å². The number of amides is 1. The predicted molar refractivity (Wildman–Crippen MR) is 116 cm³/mol. The van der Waals surface area contributed by atoms with E-state index in [1.54, 1.807) is 0 Å². The predicted octanol–water partition coefficient (Wildman–Crippen LogP) is 5.79. The molecule has 0 bridgehead atoms. The first-order valence-corrected chi connectivity index (χ1v) is 10.5. The summed E-state index contributed by atoms with van der Waals surface area (Å²) in [6.45, 7) is 6.78. The van der Waals surface area contributed by atoms with Crippen LogP contribution >= 0.6 is 11.3 Å². The lowest BCUT2D eigenvalue weighted by molar-refractivity contribution is -0.116. The Morgan fingerprint density at radius 3 is 2.68 bits per heavy atom. The minimum absolute atomic E-state index is 0.0354. The molecule has 4 nitrogen and oxygen atoms in total. The van der Waals surface area contributed by atoms with Crippen LogP contribution in [-0.2, 0) is 11.2 Å². The van der Waals surface area contributed by atoms with Crippen LogP contribution in [0.2, 0.25) is 0 Å². The van der Waals surface area contributed by atoms with E-state index in [9.17, 15) is 4.79 Å². The van der Waals surface area contributed by atoms with Gasteiger partial charge in [-0.1, -0.05) is 36.8 Å². The molecule has 0 aliphatic carbocycles. The summed E-state index contributed by atoms with van der Waals surface area (Å²) in [5.74, 6) is 0.808. The van der Waals surface area contributed by atoms with Crippen molar-refractivity contribution < 1.29 is 9.53 Å². The van der Waals surface area contributed by atoms with Crippen molar-refractivity contribution in [1.82, 2.24) is 4.98 Å². The van der Waals surface area contributed by atoms with E-state index in [2.05, 4.69) is 61.4 Å². The molecule has 3 aromatic rings. The molecule has 0 unspecified atom stereocenters. The van der Waals surface area contributed by atoms with Crippen molar-refractivity contribution in [1.29, 1.82) is 0 Å². The average molecular weight is 395 g/mol. The molecule has 0 atom stereocenters. The summed E-state index contributed by atoms with van der Waals surface area (Å²) in [7, 11) is 0. The summed E-state index contributed by atoms with van der Waals surface area (Å²) in [5.41, 5.74) is 5.68. The van der Waals surface area contributed by atoms with Gasteiger partial charge < -0.3 is 10.1 Å². The van der Waals surface area contributed by atoms with Crippen molar-refractivity contribution in [3.63, 3.8) is 0 Å². The number of benzene rings is 2. The minimum Gasteiger partial charge on any atom is -0.494 e. The second-order valence-corrected chi connectivity index (χ2v) is 7.71. The van der Waals surface area contributed by atoms with Gasteiger partial charge in [0, 0.05) is 17.4 Å². The van der Waals surface area contributed by atoms with Crippen LogP contribution in [0.25, 0.3) is 11.3 Å². The smallest absolute Gasteiger partial charge is 0.226 e. The number of carbonyl (C=O) groups excluding carboxylic acids is 1. The molecule has 0 fully saturated rings. The number of nitrogens with one attached hydrogen (secondary N) is 1. The average Bonchev–Trinajstić information content (AvgIpc) is 3.15. The third kappa shape index (κ3) is 5.42. The van der Waals surface area contributed by atoms with E-state index in [0.29, 0.717) is 24.6 Å². The van der Waals surface area contributed by atoms with Crippen LogP contribution in [0, 0.1) is 13.8 Å². The topological polar surface area (TPSA) is 51.2 Å². The number of nitrogens with zero attached hydrogens (tertiary/aromatic N) is 1. The number of rotatable bonds is 8. The Balaban J connectivity index is 1.46. The Hall–Kier alpha value is -2.66. The maximum Gasteiger partial charge on any atom is 0.226 e. The molecule has 3 rings (SSSR count). The lowest BCUT2D eigenvalue weighted by Crippen LogP contribution is -2.12. The Bertz CT molecular complexity index is 932. The van der Waals surface area contributed by atoms with Gasteiger partial charge in [-0.2, -0.15) is 0 Å². The highest BCUT2D eigenvalue weighted by Gasteiger charge is 2.10. The van der Waals surface area contributed by atoms with Gasteiger partial charge in [-0.05, 0) is 56.0 Å². The molecule has 28 heavy (non-hydrogen) atoms. The van der Waals surface area contributed by atoms with Crippen LogP contribution in [0.1, 0.15) is 36.5 Å². The van der Waals surface area contributed by atoms with Gasteiger partial charge in [0.05, 0.1) is 12.3 Å². The molecule has 0 radical (unpaired) electrons. The van der Waals surface area contributed by atoms with Crippen molar-refractivity contribution in [2.45, 2.75) is 40.0 Å². The number of anilines is 1. The highest BCUT2D eigenvalue weighted by atomic mass is 32.1. The van der Waals surface area contributed by atoms with Gasteiger partial charge in [0.25, 0.3) is 0 Å². The zero-order chi connectivity index (χ0) is 19.9. The summed E-state index contributed by atoms with van der Waals surface area (Å²) in [5, 5.41) is 5.52. The summed E-state index contributed by atoms with van der Waals surface area (Å²) < 4.78 is 5.70. The molecular formula is C23H26N2O2S. The van der Waals surface area contributed by atoms with Crippen LogP contribution in [-0.4, -0.2) is 17.5 Å². The Labute approximate surface area is 170 Å². The van der Waals surface area contributed by atoms with Crippen molar-refractivity contribution >= 4 is 22.4 Å². The number of aryl methyl sites for hydroxylation is 3. The van der Waals surface area contributed by atoms with Crippen LogP contribution < -0.4 is 10.1 Å². The van der Waals surface area contributed by atoms with E-state index < -0.39 is 0 Å². The molecule has 0 aliphatic rings. The van der Waals surface area contributed by atoms with E-state index in [1.165, 1.54) is 28.0 Å². The van der Waals surface area contributed by atoms with E-state index in [4.69, 9.17) is 4.74 Å². The zero-order valence-corrected chi connectivity index (χ0v) is 17.4. The Morgan fingerprint density at radius 2 is 1.93 bits per heavy atom. The molecule has 1 heterocycles. The SMILES string of the molecule is CCc1ccc(OCCCC(=O)Nc2nc(-c3cc(C)ccc3C)cs2)cc1. The molecule has 0 saturated heterocycles. The minimum atomic E-state index is -0.0354. The van der Waals surface area contributed by atoms with Crippen molar-refractivity contribution in [3.05, 3.63) is 64.5 Å². The van der Waals surface area contributed by atoms with Crippen LogP contribution in [0.15, 0.2) is 47.8 Å².